The Morgan fingerprint density at radius 2 is 1.94 bits per heavy atom. The van der Waals surface area contributed by atoms with Gasteiger partial charge in [0, 0.05) is 12.8 Å². The topological polar surface area (TPSA) is 127 Å². The first-order valence-electron chi connectivity index (χ1n) is 5.61. The fraction of sp³-hybridized carbons (Fsp3) is 0.800. The quantitative estimate of drug-likeness (QED) is 0.522. The van der Waals surface area contributed by atoms with E-state index in [1.807, 2.05) is 0 Å². The van der Waals surface area contributed by atoms with Gasteiger partial charge in [-0.2, -0.15) is 0 Å². The molecule has 2 atom stereocenters. The van der Waals surface area contributed by atoms with E-state index in [2.05, 4.69) is 5.32 Å². The molecule has 0 bridgehead atoms. The fourth-order valence-electron chi connectivity index (χ4n) is 1.23. The molecule has 2 unspecified atom stereocenters. The summed E-state index contributed by atoms with van der Waals surface area (Å²) in [5, 5.41) is 11.2. The highest BCUT2D eigenvalue weighted by Gasteiger charge is 2.19. The summed E-state index contributed by atoms with van der Waals surface area (Å²) in [6, 6.07) is -0.939. The smallest absolute Gasteiger partial charge is 0.308 e. The molecule has 0 aromatic rings. The molecule has 8 heteroatoms. The van der Waals surface area contributed by atoms with Gasteiger partial charge in [0.2, 0.25) is 5.91 Å². The van der Waals surface area contributed by atoms with Crippen LogP contribution in [0.2, 0.25) is 0 Å². The molecule has 0 radical (unpaired) electrons. The zero-order chi connectivity index (χ0) is 14.3. The maximum atomic E-state index is 11.5. The van der Waals surface area contributed by atoms with Crippen LogP contribution >= 0.6 is 0 Å². The van der Waals surface area contributed by atoms with Crippen molar-refractivity contribution in [1.29, 1.82) is 0 Å². The van der Waals surface area contributed by atoms with Crippen LogP contribution in [-0.2, 0) is 19.4 Å². The molecule has 0 saturated heterocycles. The van der Waals surface area contributed by atoms with E-state index in [0.717, 1.165) is 6.26 Å². The lowest BCUT2D eigenvalue weighted by atomic mass is 10.1. The lowest BCUT2D eigenvalue weighted by Crippen LogP contribution is -2.44. The van der Waals surface area contributed by atoms with Crippen LogP contribution in [0.25, 0.3) is 0 Å². The van der Waals surface area contributed by atoms with Crippen LogP contribution in [-0.4, -0.2) is 50.0 Å². The van der Waals surface area contributed by atoms with Crippen molar-refractivity contribution in [2.75, 3.05) is 18.6 Å². The number of nitrogens with two attached hydrogens (primary N) is 1. The molecule has 1 amide bonds. The minimum atomic E-state index is -3.16. The molecule has 0 aliphatic rings. The van der Waals surface area contributed by atoms with Gasteiger partial charge in [0.05, 0.1) is 17.7 Å². The average Bonchev–Trinajstić information content (AvgIpc) is 2.24. The molecule has 7 nitrogen and oxygen atoms in total. The van der Waals surface area contributed by atoms with Crippen molar-refractivity contribution < 1.29 is 23.1 Å². The number of hydrogen-bond acceptors (Lipinski definition) is 5. The first-order valence-corrected chi connectivity index (χ1v) is 7.67. The minimum absolute atomic E-state index is 0.00274. The fourth-order valence-corrected chi connectivity index (χ4v) is 1.92. The minimum Gasteiger partial charge on any atom is -0.481 e. The average molecular weight is 280 g/mol. The van der Waals surface area contributed by atoms with Crippen LogP contribution in [0.5, 0.6) is 0 Å². The van der Waals surface area contributed by atoms with E-state index in [9.17, 15) is 18.0 Å². The maximum Gasteiger partial charge on any atom is 0.308 e. The lowest BCUT2D eigenvalue weighted by molar-refractivity contribution is -0.141. The largest absolute Gasteiger partial charge is 0.481 e. The monoisotopic (exact) mass is 280 g/mol. The second-order valence-electron chi connectivity index (χ2n) is 4.21. The predicted molar refractivity (Wildman–Crippen MR) is 66.7 cm³/mol. The summed E-state index contributed by atoms with van der Waals surface area (Å²) in [6.07, 6.45) is 1.48. The Kier molecular flexibility index (Phi) is 6.85. The van der Waals surface area contributed by atoms with Gasteiger partial charge in [-0.25, -0.2) is 8.42 Å². The molecule has 0 aromatic heterocycles. The van der Waals surface area contributed by atoms with Gasteiger partial charge in [-0.05, 0) is 12.8 Å². The summed E-state index contributed by atoms with van der Waals surface area (Å²) in [6.45, 7) is 1.70. The van der Waals surface area contributed by atoms with Crippen molar-refractivity contribution in [2.45, 2.75) is 25.8 Å². The SMILES string of the molecule is CCC(CNC(=O)C(N)CCS(C)(=O)=O)C(=O)O. The summed E-state index contributed by atoms with van der Waals surface area (Å²) in [7, 11) is -3.16. The number of amides is 1. The van der Waals surface area contributed by atoms with Crippen molar-refractivity contribution in [3.63, 3.8) is 0 Å². The molecular weight excluding hydrogens is 260 g/mol. The zero-order valence-corrected chi connectivity index (χ0v) is 11.4. The molecule has 0 aliphatic carbocycles. The number of aliphatic carboxylic acids is 1. The number of carbonyl (C=O) groups excluding carboxylic acids is 1. The van der Waals surface area contributed by atoms with Gasteiger partial charge in [-0.1, -0.05) is 6.92 Å². The zero-order valence-electron chi connectivity index (χ0n) is 10.5. The van der Waals surface area contributed by atoms with Gasteiger partial charge in [-0.15, -0.1) is 0 Å². The van der Waals surface area contributed by atoms with Crippen molar-refractivity contribution in [2.24, 2.45) is 11.7 Å². The molecule has 0 rings (SSSR count). The van der Waals surface area contributed by atoms with E-state index >= 15 is 0 Å². The molecule has 18 heavy (non-hydrogen) atoms. The molecule has 4 N–H and O–H groups in total. The molecule has 0 aromatic carbocycles. The highest BCUT2D eigenvalue weighted by molar-refractivity contribution is 7.90. The highest BCUT2D eigenvalue weighted by Crippen LogP contribution is 2.01. The van der Waals surface area contributed by atoms with Crippen LogP contribution < -0.4 is 11.1 Å². The Morgan fingerprint density at radius 3 is 2.33 bits per heavy atom. The number of sulfone groups is 1. The predicted octanol–water partition coefficient (Wildman–Crippen LogP) is -1.02. The van der Waals surface area contributed by atoms with Crippen LogP contribution in [0.4, 0.5) is 0 Å². The van der Waals surface area contributed by atoms with Gasteiger partial charge in [-0.3, -0.25) is 9.59 Å². The third-order valence-corrected chi connectivity index (χ3v) is 3.48. The third kappa shape index (κ3) is 7.23. The second-order valence-corrected chi connectivity index (χ2v) is 6.47. The molecule has 0 fully saturated rings. The molecule has 106 valence electrons. The number of nitrogens with one attached hydrogen (secondary N) is 1. The first kappa shape index (κ1) is 16.9. The van der Waals surface area contributed by atoms with Crippen LogP contribution in [0, 0.1) is 5.92 Å². The second kappa shape index (κ2) is 7.32. The van der Waals surface area contributed by atoms with Gasteiger partial charge < -0.3 is 16.2 Å². The summed E-state index contributed by atoms with van der Waals surface area (Å²) >= 11 is 0. The lowest BCUT2D eigenvalue weighted by Gasteiger charge is -2.14. The van der Waals surface area contributed by atoms with E-state index in [0.29, 0.717) is 6.42 Å². The summed E-state index contributed by atoms with van der Waals surface area (Å²) in [5.74, 6) is -2.34. The van der Waals surface area contributed by atoms with Crippen molar-refractivity contribution >= 4 is 21.7 Å². The normalized spacial score (nSPS) is 14.8. The summed E-state index contributed by atoms with van der Waals surface area (Å²) in [5.41, 5.74) is 5.50. The Labute approximate surface area is 107 Å². The van der Waals surface area contributed by atoms with E-state index < -0.39 is 33.7 Å². The Morgan fingerprint density at radius 1 is 1.39 bits per heavy atom. The summed E-state index contributed by atoms with van der Waals surface area (Å²) < 4.78 is 21.8. The number of carboxylic acids is 1. The van der Waals surface area contributed by atoms with Gasteiger partial charge in [0.15, 0.2) is 0 Å². The molecular formula is C10H20N2O5S. The first-order chi connectivity index (χ1) is 8.17. The van der Waals surface area contributed by atoms with E-state index in [4.69, 9.17) is 10.8 Å². The van der Waals surface area contributed by atoms with Gasteiger partial charge >= 0.3 is 5.97 Å². The Balaban J connectivity index is 4.13. The molecule has 0 spiro atoms. The third-order valence-electron chi connectivity index (χ3n) is 2.50. The number of rotatable bonds is 8. The maximum absolute atomic E-state index is 11.5. The van der Waals surface area contributed by atoms with Gasteiger partial charge in [0.25, 0.3) is 0 Å². The molecule has 0 aliphatic heterocycles. The van der Waals surface area contributed by atoms with E-state index in [1.54, 1.807) is 6.92 Å². The number of hydrogen-bond donors (Lipinski definition) is 3. The van der Waals surface area contributed by atoms with Crippen LogP contribution in [0.15, 0.2) is 0 Å². The van der Waals surface area contributed by atoms with Gasteiger partial charge in [0.1, 0.15) is 9.84 Å². The Hall–Kier alpha value is -1.15. The van der Waals surface area contributed by atoms with Crippen LogP contribution in [0.1, 0.15) is 19.8 Å². The van der Waals surface area contributed by atoms with E-state index in [-0.39, 0.29) is 18.7 Å². The van der Waals surface area contributed by atoms with Crippen LogP contribution in [0.3, 0.4) is 0 Å². The van der Waals surface area contributed by atoms with Crippen molar-refractivity contribution in [3.05, 3.63) is 0 Å². The number of carbonyl (C=O) groups is 2. The van der Waals surface area contributed by atoms with E-state index in [1.165, 1.54) is 0 Å². The standard InChI is InChI=1S/C10H20N2O5S/c1-3-7(10(14)15)6-12-9(13)8(11)4-5-18(2,16)17/h7-8H,3-6,11H2,1-2H3,(H,12,13)(H,14,15). The van der Waals surface area contributed by atoms with Crippen molar-refractivity contribution in [1.82, 2.24) is 5.32 Å². The molecule has 0 saturated carbocycles. The Bertz CT molecular complexity index is 393. The number of carboxylic acid groups (broad SMARTS) is 1. The summed E-state index contributed by atoms with van der Waals surface area (Å²) in [4.78, 5) is 22.2. The highest BCUT2D eigenvalue weighted by atomic mass is 32.2. The van der Waals surface area contributed by atoms with Crippen molar-refractivity contribution in [3.8, 4) is 0 Å². The molecule has 0 heterocycles.